The number of halogens is 2. The van der Waals surface area contributed by atoms with Crippen molar-refractivity contribution >= 4 is 21.5 Å². The lowest BCUT2D eigenvalue weighted by Gasteiger charge is -2.16. The van der Waals surface area contributed by atoms with Crippen LogP contribution in [0.25, 0.3) is 0 Å². The maximum absolute atomic E-state index is 13.0. The van der Waals surface area contributed by atoms with Gasteiger partial charge in [0.25, 0.3) is 11.9 Å². The van der Waals surface area contributed by atoms with Crippen LogP contribution < -0.4 is 0 Å². The third-order valence-corrected chi connectivity index (χ3v) is 2.91. The minimum atomic E-state index is -3.15. The third-order valence-electron chi connectivity index (χ3n) is 1.35. The van der Waals surface area contributed by atoms with Gasteiger partial charge < -0.3 is 13.3 Å². The first kappa shape index (κ1) is 15.0. The minimum absolute atomic E-state index is 0.0115. The number of hydrogen-bond donors (Lipinski definition) is 0. The summed E-state index contributed by atoms with van der Waals surface area (Å²) >= 11 is 0. The largest absolute Gasteiger partial charge is 0.621 e. The second-order valence-corrected chi connectivity index (χ2v) is 4.21. The van der Waals surface area contributed by atoms with Crippen LogP contribution in [-0.4, -0.2) is 34.5 Å². The van der Waals surface area contributed by atoms with Gasteiger partial charge in [-0.2, -0.15) is 0 Å². The van der Waals surface area contributed by atoms with Crippen LogP contribution in [-0.2, 0) is 22.9 Å². The Morgan fingerprint density at radius 2 is 1.75 bits per heavy atom. The monoisotopic (exact) mass is 256 g/mol. The first-order valence-corrected chi connectivity index (χ1v) is 6.07. The predicted molar refractivity (Wildman–Crippen MR) is 51.9 cm³/mol. The number of alkyl halides is 2. The standard InChI is InChI=1S/C8H14F2O5Si/c1-6(11)13-16(14-7(2)12)15-8(10)4-3-5-9/h8,16H,3-5H2,1-2H3. The van der Waals surface area contributed by atoms with Crippen molar-refractivity contribution < 1.29 is 31.6 Å². The summed E-state index contributed by atoms with van der Waals surface area (Å²) in [4.78, 5) is 21.2. The van der Waals surface area contributed by atoms with Gasteiger partial charge >= 0.3 is 9.53 Å². The Morgan fingerprint density at radius 3 is 2.12 bits per heavy atom. The molecule has 1 unspecified atom stereocenters. The molecule has 0 saturated heterocycles. The second-order valence-electron chi connectivity index (χ2n) is 2.88. The molecule has 0 aliphatic carbocycles. The number of carbonyl (C=O) groups excluding carboxylic acids is 2. The lowest BCUT2D eigenvalue weighted by atomic mass is 10.3. The van der Waals surface area contributed by atoms with Crippen LogP contribution in [0.4, 0.5) is 8.78 Å². The molecule has 0 heterocycles. The molecule has 1 atom stereocenters. The zero-order valence-electron chi connectivity index (χ0n) is 9.07. The van der Waals surface area contributed by atoms with Crippen molar-refractivity contribution in [3.63, 3.8) is 0 Å². The average molecular weight is 256 g/mol. The fourth-order valence-electron chi connectivity index (χ4n) is 0.777. The van der Waals surface area contributed by atoms with Gasteiger partial charge in [0.15, 0.2) is 6.36 Å². The molecule has 0 amide bonds. The normalized spacial score (nSPS) is 12.3. The van der Waals surface area contributed by atoms with Crippen LogP contribution in [0.15, 0.2) is 0 Å². The molecule has 0 aromatic rings. The Morgan fingerprint density at radius 1 is 1.25 bits per heavy atom. The summed E-state index contributed by atoms with van der Waals surface area (Å²) in [5.74, 6) is -1.45. The van der Waals surface area contributed by atoms with E-state index >= 15 is 0 Å². The molecule has 0 rings (SSSR count). The van der Waals surface area contributed by atoms with Gasteiger partial charge in [-0.1, -0.05) is 0 Å². The molecule has 0 bridgehead atoms. The topological polar surface area (TPSA) is 61.8 Å². The molecule has 16 heavy (non-hydrogen) atoms. The molecule has 0 spiro atoms. The molecule has 0 aromatic heterocycles. The van der Waals surface area contributed by atoms with Crippen LogP contribution in [0.1, 0.15) is 26.7 Å². The maximum atomic E-state index is 13.0. The van der Waals surface area contributed by atoms with Crippen LogP contribution in [0, 0.1) is 0 Å². The Labute approximate surface area is 93.6 Å². The van der Waals surface area contributed by atoms with Gasteiger partial charge in [-0.25, -0.2) is 4.39 Å². The zero-order valence-corrected chi connectivity index (χ0v) is 10.2. The summed E-state index contributed by atoms with van der Waals surface area (Å²) in [5.41, 5.74) is 0. The Kier molecular flexibility index (Phi) is 7.64. The number of rotatable bonds is 7. The summed E-state index contributed by atoms with van der Waals surface area (Å²) in [6.45, 7) is 1.50. The van der Waals surface area contributed by atoms with Gasteiger partial charge in [0.05, 0.1) is 6.67 Å². The van der Waals surface area contributed by atoms with Crippen molar-refractivity contribution in [1.29, 1.82) is 0 Å². The van der Waals surface area contributed by atoms with E-state index in [0.29, 0.717) is 0 Å². The average Bonchev–Trinajstić information content (AvgIpc) is 2.12. The summed E-state index contributed by atoms with van der Waals surface area (Å²) in [6, 6.07) is 0. The Balaban J connectivity index is 4.07. The summed E-state index contributed by atoms with van der Waals surface area (Å²) in [5, 5.41) is 0. The molecular formula is C8H14F2O5Si. The van der Waals surface area contributed by atoms with Gasteiger partial charge in [0, 0.05) is 20.3 Å². The van der Waals surface area contributed by atoms with E-state index in [1.54, 1.807) is 0 Å². The quantitative estimate of drug-likeness (QED) is 0.633. The summed E-state index contributed by atoms with van der Waals surface area (Å²) in [6.07, 6.45) is -1.99. The highest BCUT2D eigenvalue weighted by atomic mass is 28.3. The molecule has 0 aromatic carbocycles. The SMILES string of the molecule is CC(=O)O[SiH](OC(C)=O)OC(F)CCCF. The van der Waals surface area contributed by atoms with E-state index < -0.39 is 34.5 Å². The van der Waals surface area contributed by atoms with Crippen molar-refractivity contribution in [2.75, 3.05) is 6.67 Å². The van der Waals surface area contributed by atoms with Crippen molar-refractivity contribution in [2.24, 2.45) is 0 Å². The first-order valence-electron chi connectivity index (χ1n) is 4.65. The summed E-state index contributed by atoms with van der Waals surface area (Å²) in [7, 11) is -3.15. The van der Waals surface area contributed by atoms with Crippen molar-refractivity contribution in [2.45, 2.75) is 33.0 Å². The molecule has 0 saturated carbocycles. The molecule has 5 nitrogen and oxygen atoms in total. The van der Waals surface area contributed by atoms with Crippen molar-refractivity contribution in [3.05, 3.63) is 0 Å². The highest BCUT2D eigenvalue weighted by molar-refractivity contribution is 6.41. The molecule has 8 heteroatoms. The van der Waals surface area contributed by atoms with E-state index in [0.717, 1.165) is 13.8 Å². The smallest absolute Gasteiger partial charge is 0.467 e. The van der Waals surface area contributed by atoms with Crippen molar-refractivity contribution in [3.8, 4) is 0 Å². The van der Waals surface area contributed by atoms with Crippen LogP contribution in [0.3, 0.4) is 0 Å². The molecule has 0 aliphatic heterocycles. The second kappa shape index (κ2) is 8.17. The highest BCUT2D eigenvalue weighted by Crippen LogP contribution is 2.07. The van der Waals surface area contributed by atoms with E-state index in [2.05, 4.69) is 13.3 Å². The van der Waals surface area contributed by atoms with E-state index in [1.165, 1.54) is 0 Å². The van der Waals surface area contributed by atoms with E-state index in [-0.39, 0.29) is 12.8 Å². The zero-order chi connectivity index (χ0) is 12.6. The van der Waals surface area contributed by atoms with Gasteiger partial charge in [-0.3, -0.25) is 14.0 Å². The number of hydrogen-bond acceptors (Lipinski definition) is 5. The maximum Gasteiger partial charge on any atom is 0.621 e. The van der Waals surface area contributed by atoms with Crippen LogP contribution >= 0.6 is 0 Å². The third kappa shape index (κ3) is 8.30. The molecule has 0 radical (unpaired) electrons. The molecule has 0 aliphatic rings. The Bertz CT molecular complexity index is 222. The summed E-state index contributed by atoms with van der Waals surface area (Å²) < 4.78 is 38.4. The highest BCUT2D eigenvalue weighted by Gasteiger charge is 2.26. The molecule has 94 valence electrons. The molecule has 0 N–H and O–H groups in total. The number of carbonyl (C=O) groups is 2. The molecule has 0 fully saturated rings. The predicted octanol–water partition coefficient (Wildman–Crippen LogP) is 0.892. The lowest BCUT2D eigenvalue weighted by Crippen LogP contribution is -2.34. The molecular weight excluding hydrogens is 242 g/mol. The van der Waals surface area contributed by atoms with Crippen molar-refractivity contribution in [1.82, 2.24) is 0 Å². The van der Waals surface area contributed by atoms with E-state index in [4.69, 9.17) is 0 Å². The van der Waals surface area contributed by atoms with Gasteiger partial charge in [0.1, 0.15) is 0 Å². The fraction of sp³-hybridized carbons (Fsp3) is 0.750. The van der Waals surface area contributed by atoms with Gasteiger partial charge in [-0.15, -0.1) is 0 Å². The Hall–Kier alpha value is -1.02. The fourth-order valence-corrected chi connectivity index (χ4v) is 1.86. The van der Waals surface area contributed by atoms with E-state index in [1.807, 2.05) is 0 Å². The van der Waals surface area contributed by atoms with Crippen LogP contribution in [0.5, 0.6) is 0 Å². The van der Waals surface area contributed by atoms with Crippen LogP contribution in [0.2, 0.25) is 0 Å². The first-order chi connectivity index (χ1) is 7.45. The van der Waals surface area contributed by atoms with Gasteiger partial charge in [-0.05, 0) is 6.42 Å². The van der Waals surface area contributed by atoms with E-state index in [9.17, 15) is 18.4 Å². The van der Waals surface area contributed by atoms with Gasteiger partial charge in [0.2, 0.25) is 0 Å². The lowest BCUT2D eigenvalue weighted by molar-refractivity contribution is -0.143. The minimum Gasteiger partial charge on any atom is -0.467 e.